The maximum Gasteiger partial charge on any atom is 0.187 e. The first-order chi connectivity index (χ1) is 10.3. The Kier molecular flexibility index (Phi) is 5.72. The van der Waals surface area contributed by atoms with Gasteiger partial charge in [0.15, 0.2) is 12.6 Å². The molecule has 0 amide bonds. The molecule has 0 saturated carbocycles. The van der Waals surface area contributed by atoms with Crippen LogP contribution in [0.15, 0.2) is 0 Å². The number of hydrogen-bond acceptors (Lipinski definition) is 10. The molecule has 0 radical (unpaired) electrons. The minimum atomic E-state index is -1.71. The van der Waals surface area contributed by atoms with Gasteiger partial charge in [0.25, 0.3) is 0 Å². The zero-order valence-electron chi connectivity index (χ0n) is 11.8. The summed E-state index contributed by atoms with van der Waals surface area (Å²) in [5.74, 6) is 0. The topological polar surface area (TPSA) is 169 Å². The van der Waals surface area contributed by atoms with E-state index >= 15 is 0 Å². The Morgan fingerprint density at radius 1 is 0.818 bits per heavy atom. The maximum atomic E-state index is 9.99. The van der Waals surface area contributed by atoms with Gasteiger partial charge in [-0.2, -0.15) is 0 Å². The van der Waals surface area contributed by atoms with Gasteiger partial charge in [0.05, 0.1) is 12.7 Å². The smallest absolute Gasteiger partial charge is 0.187 e. The lowest BCUT2D eigenvalue weighted by Crippen LogP contribution is -2.63. The summed E-state index contributed by atoms with van der Waals surface area (Å²) in [5.41, 5.74) is 0. The van der Waals surface area contributed by atoms with Gasteiger partial charge < -0.3 is 50.0 Å². The Balaban J connectivity index is 2.10. The van der Waals surface area contributed by atoms with Crippen LogP contribution in [-0.2, 0) is 14.2 Å². The molecule has 10 nitrogen and oxygen atoms in total. The molecular weight excluding hydrogens is 304 g/mol. The number of aliphatic hydroxyl groups is 7. The predicted octanol–water partition coefficient (Wildman–Crippen LogP) is -4.37. The lowest BCUT2D eigenvalue weighted by molar-refractivity contribution is -0.352. The van der Waals surface area contributed by atoms with Crippen molar-refractivity contribution in [1.29, 1.82) is 0 Å². The molecule has 10 heteroatoms. The fraction of sp³-hybridized carbons (Fsp3) is 1.00. The summed E-state index contributed by atoms with van der Waals surface area (Å²) < 4.78 is 15.3. The molecule has 0 aromatic carbocycles. The standard InChI is InChI=1S/C12H22O10/c1-3-5(14)7(16)8(17)12(20-3)22-10-6(15)4(2-13)21-11(19)9(10)18/h3-19H,2H2,1H3/t3-,4-,5-,6-,7+,8+,9-,10+,11?,12?/m1/s1. The fourth-order valence-corrected chi connectivity index (χ4v) is 2.51. The predicted molar refractivity (Wildman–Crippen MR) is 67.2 cm³/mol. The average molecular weight is 326 g/mol. The van der Waals surface area contributed by atoms with Crippen LogP contribution in [0.4, 0.5) is 0 Å². The van der Waals surface area contributed by atoms with Crippen molar-refractivity contribution < 1.29 is 50.0 Å². The van der Waals surface area contributed by atoms with E-state index in [4.69, 9.17) is 19.3 Å². The Morgan fingerprint density at radius 2 is 1.45 bits per heavy atom. The lowest BCUT2D eigenvalue weighted by atomic mass is 9.97. The normalized spacial score (nSPS) is 53.5. The molecular formula is C12H22O10. The summed E-state index contributed by atoms with van der Waals surface area (Å²) in [6.07, 6.45) is -14.3. The summed E-state index contributed by atoms with van der Waals surface area (Å²) in [7, 11) is 0. The van der Waals surface area contributed by atoms with Gasteiger partial charge in [-0.1, -0.05) is 0 Å². The first-order valence-corrected chi connectivity index (χ1v) is 6.93. The lowest BCUT2D eigenvalue weighted by Gasteiger charge is -2.44. The van der Waals surface area contributed by atoms with Crippen molar-refractivity contribution in [3.05, 3.63) is 0 Å². The minimum Gasteiger partial charge on any atom is -0.394 e. The second-order valence-electron chi connectivity index (χ2n) is 5.51. The molecule has 22 heavy (non-hydrogen) atoms. The van der Waals surface area contributed by atoms with Crippen LogP contribution in [0.3, 0.4) is 0 Å². The van der Waals surface area contributed by atoms with Crippen LogP contribution in [-0.4, -0.2) is 104 Å². The van der Waals surface area contributed by atoms with Crippen LogP contribution in [0, 0.1) is 0 Å². The van der Waals surface area contributed by atoms with Crippen molar-refractivity contribution in [3.8, 4) is 0 Å². The van der Waals surface area contributed by atoms with Crippen molar-refractivity contribution >= 4 is 0 Å². The molecule has 10 atom stereocenters. The molecule has 2 heterocycles. The SMILES string of the molecule is C[C@H]1OC(O[C@H]2[C@H](O)[C@@H](CO)OC(O)[C@@H]2O)[C@@H](O)[C@@H](O)[C@@H]1O. The van der Waals surface area contributed by atoms with E-state index in [-0.39, 0.29) is 0 Å². The molecule has 2 unspecified atom stereocenters. The highest BCUT2D eigenvalue weighted by atomic mass is 16.7. The molecule has 7 N–H and O–H groups in total. The van der Waals surface area contributed by atoms with Gasteiger partial charge >= 0.3 is 0 Å². The van der Waals surface area contributed by atoms with E-state index in [0.29, 0.717) is 0 Å². The van der Waals surface area contributed by atoms with E-state index in [1.165, 1.54) is 6.92 Å². The van der Waals surface area contributed by atoms with Crippen molar-refractivity contribution in [2.45, 2.75) is 68.3 Å². The summed E-state index contributed by atoms with van der Waals surface area (Å²) in [5, 5.41) is 67.6. The summed E-state index contributed by atoms with van der Waals surface area (Å²) in [6.45, 7) is 0.814. The highest BCUT2D eigenvalue weighted by Crippen LogP contribution is 2.28. The molecule has 2 rings (SSSR count). The van der Waals surface area contributed by atoms with E-state index < -0.39 is 68.0 Å². The molecule has 130 valence electrons. The van der Waals surface area contributed by atoms with Crippen molar-refractivity contribution in [2.75, 3.05) is 6.61 Å². The van der Waals surface area contributed by atoms with Gasteiger partial charge in [0.1, 0.15) is 42.7 Å². The van der Waals surface area contributed by atoms with E-state index in [1.807, 2.05) is 0 Å². The van der Waals surface area contributed by atoms with Gasteiger partial charge in [0, 0.05) is 0 Å². The molecule has 0 aromatic rings. The number of rotatable bonds is 3. The zero-order chi connectivity index (χ0) is 16.6. The molecule has 0 bridgehead atoms. The average Bonchev–Trinajstić information content (AvgIpc) is 2.50. The first-order valence-electron chi connectivity index (χ1n) is 6.93. The molecule has 2 fully saturated rings. The van der Waals surface area contributed by atoms with Gasteiger partial charge in [0.2, 0.25) is 0 Å². The summed E-state index contributed by atoms with van der Waals surface area (Å²) in [4.78, 5) is 0. The third-order valence-electron chi connectivity index (χ3n) is 3.94. The highest BCUT2D eigenvalue weighted by Gasteiger charge is 2.49. The van der Waals surface area contributed by atoms with Gasteiger partial charge in [-0.25, -0.2) is 0 Å². The summed E-state index contributed by atoms with van der Waals surface area (Å²) in [6, 6.07) is 0. The van der Waals surface area contributed by atoms with E-state index in [0.717, 1.165) is 0 Å². The van der Waals surface area contributed by atoms with Gasteiger partial charge in [-0.05, 0) is 6.92 Å². The Morgan fingerprint density at radius 3 is 2.05 bits per heavy atom. The molecule has 0 spiro atoms. The van der Waals surface area contributed by atoms with Crippen molar-refractivity contribution in [3.63, 3.8) is 0 Å². The first kappa shape index (κ1) is 17.9. The molecule has 2 aliphatic heterocycles. The Labute approximate surface area is 126 Å². The van der Waals surface area contributed by atoms with Crippen molar-refractivity contribution in [1.82, 2.24) is 0 Å². The number of aliphatic hydroxyl groups excluding tert-OH is 7. The van der Waals surface area contributed by atoms with E-state index in [1.54, 1.807) is 0 Å². The molecule has 2 saturated heterocycles. The number of hydrogen-bond donors (Lipinski definition) is 7. The highest BCUT2D eigenvalue weighted by molar-refractivity contribution is 4.93. The minimum absolute atomic E-state index is 0.628. The van der Waals surface area contributed by atoms with Crippen LogP contribution in [0.5, 0.6) is 0 Å². The van der Waals surface area contributed by atoms with Crippen LogP contribution >= 0.6 is 0 Å². The van der Waals surface area contributed by atoms with Gasteiger partial charge in [-0.15, -0.1) is 0 Å². The fourth-order valence-electron chi connectivity index (χ4n) is 2.51. The largest absolute Gasteiger partial charge is 0.394 e. The van der Waals surface area contributed by atoms with Crippen LogP contribution in [0.1, 0.15) is 6.92 Å². The van der Waals surface area contributed by atoms with E-state index in [2.05, 4.69) is 0 Å². The number of ether oxygens (including phenoxy) is 3. The molecule has 0 aliphatic carbocycles. The van der Waals surface area contributed by atoms with Crippen molar-refractivity contribution in [2.24, 2.45) is 0 Å². The van der Waals surface area contributed by atoms with E-state index in [9.17, 15) is 30.6 Å². The summed E-state index contributed by atoms with van der Waals surface area (Å²) >= 11 is 0. The Hall–Kier alpha value is -0.400. The van der Waals surface area contributed by atoms with Crippen LogP contribution < -0.4 is 0 Å². The zero-order valence-corrected chi connectivity index (χ0v) is 11.8. The Bertz CT molecular complexity index is 368. The third-order valence-corrected chi connectivity index (χ3v) is 3.94. The molecule has 0 aromatic heterocycles. The third kappa shape index (κ3) is 3.26. The maximum absolute atomic E-state index is 9.99. The van der Waals surface area contributed by atoms with Gasteiger partial charge in [-0.3, -0.25) is 0 Å². The van der Waals surface area contributed by atoms with Crippen LogP contribution in [0.25, 0.3) is 0 Å². The quantitative estimate of drug-likeness (QED) is 0.269. The molecule has 2 aliphatic rings. The van der Waals surface area contributed by atoms with Crippen LogP contribution in [0.2, 0.25) is 0 Å². The second kappa shape index (κ2) is 7.01. The monoisotopic (exact) mass is 326 g/mol. The second-order valence-corrected chi connectivity index (χ2v) is 5.51.